The van der Waals surface area contributed by atoms with Gasteiger partial charge >= 0.3 is 0 Å². The minimum atomic E-state index is 0.563. The lowest BCUT2D eigenvalue weighted by molar-refractivity contribution is 0.785. The number of unbranched alkanes of at least 4 members (excludes halogenated alkanes) is 1. The van der Waals surface area contributed by atoms with E-state index in [1.807, 2.05) is 39.5 Å². The Morgan fingerprint density at radius 1 is 1.10 bits per heavy atom. The van der Waals surface area contributed by atoms with Gasteiger partial charge in [0, 0.05) is 10.1 Å². The summed E-state index contributed by atoms with van der Waals surface area (Å²) in [5.41, 5.74) is 1.51. The van der Waals surface area contributed by atoms with Crippen LogP contribution in [0.4, 0.5) is 0 Å². The molecule has 1 rings (SSSR count). The molecule has 0 saturated carbocycles. The van der Waals surface area contributed by atoms with Gasteiger partial charge in [-0.3, -0.25) is 0 Å². The van der Waals surface area contributed by atoms with Gasteiger partial charge in [-0.15, -0.1) is 11.8 Å². The average Bonchev–Trinajstić information content (AvgIpc) is 2.51. The van der Waals surface area contributed by atoms with Gasteiger partial charge in [0.25, 0.3) is 0 Å². The summed E-state index contributed by atoms with van der Waals surface area (Å²) in [5, 5.41) is 0.563. The molecule has 0 N–H and O–H groups in total. The number of thioether (sulfide) groups is 1. The largest absolute Gasteiger partial charge is 0.119 e. The van der Waals surface area contributed by atoms with Crippen molar-refractivity contribution in [3.63, 3.8) is 0 Å². The van der Waals surface area contributed by atoms with E-state index in [4.69, 9.17) is 0 Å². The van der Waals surface area contributed by atoms with Crippen LogP contribution in [0.15, 0.2) is 41.3 Å². The molecule has 0 spiro atoms. The van der Waals surface area contributed by atoms with Crippen molar-refractivity contribution in [3.8, 4) is 0 Å². The minimum absolute atomic E-state index is 0.563. The van der Waals surface area contributed by atoms with Gasteiger partial charge in [-0.05, 0) is 38.3 Å². The molecule has 0 fully saturated rings. The van der Waals surface area contributed by atoms with Crippen LogP contribution in [0.2, 0.25) is 0 Å². The minimum Gasteiger partial charge on any atom is -0.119 e. The Morgan fingerprint density at radius 2 is 1.70 bits per heavy atom. The number of allylic oxidation sites excluding steroid dienone is 1. The Balaban J connectivity index is 0. The number of rotatable bonds is 6. The first-order valence-corrected chi connectivity index (χ1v) is 9.03. The molecule has 1 heteroatoms. The quantitative estimate of drug-likeness (QED) is 0.397. The van der Waals surface area contributed by atoms with Crippen molar-refractivity contribution in [1.29, 1.82) is 0 Å². The Labute approximate surface area is 132 Å². The third kappa shape index (κ3) is 10.1. The van der Waals surface area contributed by atoms with Crippen LogP contribution in [-0.4, -0.2) is 5.25 Å². The lowest BCUT2D eigenvalue weighted by Gasteiger charge is -2.11. The molecular weight excluding hydrogens is 260 g/mol. The summed E-state index contributed by atoms with van der Waals surface area (Å²) >= 11 is 1.96. The zero-order chi connectivity index (χ0) is 15.8. The van der Waals surface area contributed by atoms with Gasteiger partial charge < -0.3 is 0 Å². The highest BCUT2D eigenvalue weighted by atomic mass is 32.2. The molecular formula is C19H34S. The fourth-order valence-corrected chi connectivity index (χ4v) is 2.82. The second kappa shape index (κ2) is 16.4. The van der Waals surface area contributed by atoms with Crippen molar-refractivity contribution in [2.45, 2.75) is 77.9 Å². The Bertz CT molecular complexity index is 328. The van der Waals surface area contributed by atoms with E-state index in [1.54, 1.807) is 0 Å². The molecule has 0 bridgehead atoms. The number of hydrogen-bond acceptors (Lipinski definition) is 1. The molecule has 0 aliphatic rings. The molecule has 20 heavy (non-hydrogen) atoms. The van der Waals surface area contributed by atoms with E-state index >= 15 is 0 Å². The van der Waals surface area contributed by atoms with Crippen LogP contribution in [0, 0.1) is 0 Å². The third-order valence-corrected chi connectivity index (χ3v) is 3.73. The van der Waals surface area contributed by atoms with Crippen LogP contribution in [0.1, 0.15) is 66.9 Å². The summed E-state index contributed by atoms with van der Waals surface area (Å²) in [6.45, 7) is 14.6. The summed E-state index contributed by atoms with van der Waals surface area (Å²) in [6, 6.07) is 8.80. The topological polar surface area (TPSA) is 0 Å². The highest BCUT2D eigenvalue weighted by Gasteiger charge is 2.05. The van der Waals surface area contributed by atoms with Gasteiger partial charge in [0.15, 0.2) is 0 Å². The van der Waals surface area contributed by atoms with E-state index in [-0.39, 0.29) is 0 Å². The van der Waals surface area contributed by atoms with Crippen molar-refractivity contribution in [2.24, 2.45) is 0 Å². The van der Waals surface area contributed by atoms with Crippen molar-refractivity contribution in [1.82, 2.24) is 0 Å². The fraction of sp³-hybridized carbons (Fsp3) is 0.579. The lowest BCUT2D eigenvalue weighted by Crippen LogP contribution is -1.94. The van der Waals surface area contributed by atoms with Crippen LogP contribution in [-0.2, 0) is 6.42 Å². The molecule has 1 aromatic rings. The van der Waals surface area contributed by atoms with E-state index in [1.165, 1.54) is 29.7 Å². The first kappa shape index (κ1) is 21.6. The monoisotopic (exact) mass is 294 g/mol. The molecule has 116 valence electrons. The number of benzene rings is 1. The van der Waals surface area contributed by atoms with Gasteiger partial charge in [0.1, 0.15) is 0 Å². The van der Waals surface area contributed by atoms with E-state index in [0.29, 0.717) is 5.25 Å². The van der Waals surface area contributed by atoms with Crippen LogP contribution >= 0.6 is 11.8 Å². The van der Waals surface area contributed by atoms with Crippen LogP contribution < -0.4 is 0 Å². The molecule has 0 nitrogen and oxygen atoms in total. The maximum Gasteiger partial charge on any atom is 0.0246 e. The number of hydrogen-bond donors (Lipinski definition) is 0. The predicted molar refractivity (Wildman–Crippen MR) is 97.9 cm³/mol. The Morgan fingerprint density at radius 3 is 2.25 bits per heavy atom. The van der Waals surface area contributed by atoms with Crippen LogP contribution in [0.5, 0.6) is 0 Å². The van der Waals surface area contributed by atoms with Gasteiger partial charge in [0.2, 0.25) is 0 Å². The molecule has 0 aromatic heterocycles. The first-order chi connectivity index (χ1) is 9.77. The molecule has 0 aliphatic carbocycles. The van der Waals surface area contributed by atoms with E-state index in [2.05, 4.69) is 57.2 Å². The van der Waals surface area contributed by atoms with Gasteiger partial charge in [0.05, 0.1) is 0 Å². The van der Waals surface area contributed by atoms with Crippen molar-refractivity contribution in [2.75, 3.05) is 0 Å². The van der Waals surface area contributed by atoms with Crippen molar-refractivity contribution >= 4 is 11.8 Å². The SMILES string of the molecule is CC.CC.CC=CC(C)Sc1ccccc1CCCC. The molecule has 1 atom stereocenters. The Kier molecular flexibility index (Phi) is 17.7. The molecule has 1 unspecified atom stereocenters. The maximum atomic E-state index is 2.26. The van der Waals surface area contributed by atoms with Gasteiger partial charge in [-0.1, -0.05) is 71.4 Å². The highest BCUT2D eigenvalue weighted by molar-refractivity contribution is 8.00. The predicted octanol–water partition coefficient (Wildman–Crippen LogP) is 7.14. The summed E-state index contributed by atoms with van der Waals surface area (Å²) in [4.78, 5) is 1.45. The van der Waals surface area contributed by atoms with Gasteiger partial charge in [-0.2, -0.15) is 0 Å². The molecule has 0 aliphatic heterocycles. The first-order valence-electron chi connectivity index (χ1n) is 8.15. The van der Waals surface area contributed by atoms with Gasteiger partial charge in [-0.25, -0.2) is 0 Å². The van der Waals surface area contributed by atoms with E-state index < -0.39 is 0 Å². The molecule has 0 radical (unpaired) electrons. The van der Waals surface area contributed by atoms with E-state index in [0.717, 1.165) is 0 Å². The van der Waals surface area contributed by atoms with E-state index in [9.17, 15) is 0 Å². The summed E-state index contributed by atoms with van der Waals surface area (Å²) in [7, 11) is 0. The van der Waals surface area contributed by atoms with Crippen molar-refractivity contribution in [3.05, 3.63) is 42.0 Å². The summed E-state index contributed by atoms with van der Waals surface area (Å²) in [5.74, 6) is 0. The zero-order valence-electron chi connectivity index (χ0n) is 14.6. The number of aryl methyl sites for hydroxylation is 1. The van der Waals surface area contributed by atoms with Crippen LogP contribution in [0.25, 0.3) is 0 Å². The Hall–Kier alpha value is -0.690. The maximum absolute atomic E-state index is 2.26. The second-order valence-corrected chi connectivity index (χ2v) is 5.48. The standard InChI is InChI=1S/C15H22S.2C2H6/c1-4-6-10-14-11-7-8-12-15(14)16-13(3)9-5-2;2*1-2/h5,7-9,11-13H,4,6,10H2,1-3H3;2*1-2H3. The molecule has 0 saturated heterocycles. The molecule has 0 heterocycles. The van der Waals surface area contributed by atoms with Crippen LogP contribution in [0.3, 0.4) is 0 Å². The summed E-state index contributed by atoms with van der Waals surface area (Å²) < 4.78 is 0. The van der Waals surface area contributed by atoms with Crippen molar-refractivity contribution < 1.29 is 0 Å². The fourth-order valence-electron chi connectivity index (χ4n) is 1.70. The third-order valence-electron chi connectivity index (χ3n) is 2.55. The highest BCUT2D eigenvalue weighted by Crippen LogP contribution is 2.28. The molecule has 0 amide bonds. The lowest BCUT2D eigenvalue weighted by atomic mass is 10.1. The smallest absolute Gasteiger partial charge is 0.0246 e. The second-order valence-electron chi connectivity index (χ2n) is 4.06. The summed E-state index contributed by atoms with van der Waals surface area (Å²) in [6.07, 6.45) is 8.15. The molecule has 1 aromatic carbocycles. The average molecular weight is 295 g/mol. The normalized spacial score (nSPS) is 11.2. The zero-order valence-corrected chi connectivity index (χ0v) is 15.4.